The van der Waals surface area contributed by atoms with E-state index in [4.69, 9.17) is 9.47 Å². The molecule has 2 aliphatic carbocycles. The third kappa shape index (κ3) is 2.18. The fraction of sp³-hybridized carbons (Fsp3) is 0.647. The van der Waals surface area contributed by atoms with Gasteiger partial charge in [0.25, 0.3) is 0 Å². The van der Waals surface area contributed by atoms with Gasteiger partial charge in [-0.25, -0.2) is 0 Å². The Kier molecular flexibility index (Phi) is 3.63. The molecule has 3 unspecified atom stereocenters. The summed E-state index contributed by atoms with van der Waals surface area (Å²) < 4.78 is 11.3. The van der Waals surface area contributed by atoms with Crippen molar-refractivity contribution in [2.45, 2.75) is 45.1 Å². The molecule has 0 saturated heterocycles. The second-order valence-electron chi connectivity index (χ2n) is 6.03. The quantitative estimate of drug-likeness (QED) is 0.894. The minimum absolute atomic E-state index is 0.417. The molecular formula is C17H24O3. The molecule has 0 amide bonds. The molecule has 3 nitrogen and oxygen atoms in total. The van der Waals surface area contributed by atoms with Crippen molar-refractivity contribution in [2.75, 3.05) is 13.2 Å². The van der Waals surface area contributed by atoms with E-state index in [1.54, 1.807) is 0 Å². The van der Waals surface area contributed by atoms with Crippen LogP contribution in [0.5, 0.6) is 11.5 Å². The van der Waals surface area contributed by atoms with Gasteiger partial charge in [0.2, 0.25) is 0 Å². The molecular weight excluding hydrogens is 252 g/mol. The SMILES string of the molecule is CCOc1ccc(C2(O)CC3CCC2C3)cc1OCC. The molecule has 1 aromatic rings. The third-order valence-electron chi connectivity index (χ3n) is 4.86. The van der Waals surface area contributed by atoms with Crippen molar-refractivity contribution in [1.82, 2.24) is 0 Å². The summed E-state index contributed by atoms with van der Waals surface area (Å²) in [5, 5.41) is 11.1. The maximum atomic E-state index is 11.1. The summed E-state index contributed by atoms with van der Waals surface area (Å²) in [5.41, 5.74) is 0.344. The summed E-state index contributed by atoms with van der Waals surface area (Å²) in [6.45, 7) is 5.16. The van der Waals surface area contributed by atoms with Gasteiger partial charge in [-0.15, -0.1) is 0 Å². The number of benzene rings is 1. The standard InChI is InChI=1S/C17H24O3/c1-3-19-15-8-7-14(10-16(15)20-4-2)17(18)11-12-5-6-13(17)9-12/h7-8,10,12-13,18H,3-6,9,11H2,1-2H3. The molecule has 0 spiro atoms. The summed E-state index contributed by atoms with van der Waals surface area (Å²) in [6.07, 6.45) is 4.51. The molecule has 1 N–H and O–H groups in total. The lowest BCUT2D eigenvalue weighted by Crippen LogP contribution is -2.32. The fourth-order valence-electron chi connectivity index (χ4n) is 3.97. The Morgan fingerprint density at radius 1 is 1.15 bits per heavy atom. The van der Waals surface area contributed by atoms with Gasteiger partial charge in [0.05, 0.1) is 18.8 Å². The van der Waals surface area contributed by atoms with E-state index < -0.39 is 5.60 Å². The van der Waals surface area contributed by atoms with Crippen molar-refractivity contribution in [3.63, 3.8) is 0 Å². The summed E-state index contributed by atoms with van der Waals surface area (Å²) in [5.74, 6) is 2.64. The van der Waals surface area contributed by atoms with Gasteiger partial charge in [0, 0.05) is 0 Å². The lowest BCUT2D eigenvalue weighted by Gasteiger charge is -2.33. The first kappa shape index (κ1) is 13.7. The third-order valence-corrected chi connectivity index (χ3v) is 4.86. The molecule has 2 saturated carbocycles. The van der Waals surface area contributed by atoms with Crippen molar-refractivity contribution in [2.24, 2.45) is 11.8 Å². The number of hydrogen-bond acceptors (Lipinski definition) is 3. The van der Waals surface area contributed by atoms with E-state index in [1.807, 2.05) is 32.0 Å². The van der Waals surface area contributed by atoms with Crippen LogP contribution in [0.25, 0.3) is 0 Å². The zero-order chi connectivity index (χ0) is 14.2. The largest absolute Gasteiger partial charge is 0.490 e. The van der Waals surface area contributed by atoms with Gasteiger partial charge in [-0.1, -0.05) is 6.07 Å². The average molecular weight is 276 g/mol. The summed E-state index contributed by atoms with van der Waals surface area (Å²) in [4.78, 5) is 0. The van der Waals surface area contributed by atoms with E-state index in [0.29, 0.717) is 25.0 Å². The lowest BCUT2D eigenvalue weighted by molar-refractivity contribution is -0.0184. The number of fused-ring (bicyclic) bond motifs is 2. The number of hydrogen-bond donors (Lipinski definition) is 1. The van der Waals surface area contributed by atoms with E-state index in [0.717, 1.165) is 29.9 Å². The molecule has 110 valence electrons. The Balaban J connectivity index is 1.92. The van der Waals surface area contributed by atoms with Gasteiger partial charge in [0.15, 0.2) is 11.5 Å². The van der Waals surface area contributed by atoms with E-state index in [1.165, 1.54) is 12.8 Å². The highest BCUT2D eigenvalue weighted by Gasteiger charge is 2.50. The van der Waals surface area contributed by atoms with E-state index in [-0.39, 0.29) is 0 Å². The summed E-state index contributed by atoms with van der Waals surface area (Å²) in [7, 11) is 0. The molecule has 0 aliphatic heterocycles. The number of rotatable bonds is 5. The predicted molar refractivity (Wildman–Crippen MR) is 78.1 cm³/mol. The minimum Gasteiger partial charge on any atom is -0.490 e. The Labute approximate surface area is 120 Å². The van der Waals surface area contributed by atoms with Gasteiger partial charge >= 0.3 is 0 Å². The average Bonchev–Trinajstić information content (AvgIpc) is 3.02. The maximum absolute atomic E-state index is 11.1. The van der Waals surface area contributed by atoms with E-state index in [9.17, 15) is 5.11 Å². The van der Waals surface area contributed by atoms with Crippen molar-refractivity contribution < 1.29 is 14.6 Å². The number of aliphatic hydroxyl groups is 1. The van der Waals surface area contributed by atoms with Crippen molar-refractivity contribution >= 4 is 0 Å². The molecule has 0 aromatic heterocycles. The van der Waals surface area contributed by atoms with Gasteiger partial charge in [-0.05, 0) is 69.1 Å². The highest BCUT2D eigenvalue weighted by molar-refractivity contribution is 5.45. The van der Waals surface area contributed by atoms with Crippen LogP contribution in [-0.2, 0) is 5.60 Å². The van der Waals surface area contributed by atoms with Gasteiger partial charge in [-0.2, -0.15) is 0 Å². The second-order valence-corrected chi connectivity index (χ2v) is 6.03. The molecule has 20 heavy (non-hydrogen) atoms. The van der Waals surface area contributed by atoms with Crippen LogP contribution in [-0.4, -0.2) is 18.3 Å². The number of ether oxygens (including phenoxy) is 2. The van der Waals surface area contributed by atoms with Crippen LogP contribution in [0.2, 0.25) is 0 Å². The van der Waals surface area contributed by atoms with Crippen LogP contribution in [0.3, 0.4) is 0 Å². The highest BCUT2D eigenvalue weighted by Crippen LogP contribution is 2.56. The normalized spacial score (nSPS) is 31.6. The first-order valence-corrected chi connectivity index (χ1v) is 7.79. The van der Waals surface area contributed by atoms with Crippen molar-refractivity contribution in [3.8, 4) is 11.5 Å². The van der Waals surface area contributed by atoms with Crippen LogP contribution in [0, 0.1) is 11.8 Å². The molecule has 3 atom stereocenters. The van der Waals surface area contributed by atoms with E-state index >= 15 is 0 Å². The monoisotopic (exact) mass is 276 g/mol. The molecule has 0 radical (unpaired) electrons. The second kappa shape index (κ2) is 5.28. The Hall–Kier alpha value is -1.22. The molecule has 2 fully saturated rings. The van der Waals surface area contributed by atoms with Crippen LogP contribution >= 0.6 is 0 Å². The molecule has 0 heterocycles. The highest BCUT2D eigenvalue weighted by atomic mass is 16.5. The van der Waals surface area contributed by atoms with Crippen molar-refractivity contribution in [1.29, 1.82) is 0 Å². The van der Waals surface area contributed by atoms with Crippen LogP contribution < -0.4 is 9.47 Å². The Bertz CT molecular complexity index is 485. The van der Waals surface area contributed by atoms with E-state index in [2.05, 4.69) is 0 Å². The Morgan fingerprint density at radius 3 is 2.50 bits per heavy atom. The summed E-state index contributed by atoms with van der Waals surface area (Å²) >= 11 is 0. The maximum Gasteiger partial charge on any atom is 0.161 e. The smallest absolute Gasteiger partial charge is 0.161 e. The molecule has 2 aliphatic rings. The first-order chi connectivity index (χ1) is 9.67. The van der Waals surface area contributed by atoms with Gasteiger partial charge < -0.3 is 14.6 Å². The summed E-state index contributed by atoms with van der Waals surface area (Å²) in [6, 6.07) is 5.93. The molecule has 3 heteroatoms. The first-order valence-electron chi connectivity index (χ1n) is 7.79. The predicted octanol–water partition coefficient (Wildman–Crippen LogP) is 3.49. The molecule has 3 rings (SSSR count). The van der Waals surface area contributed by atoms with Crippen LogP contribution in [0.4, 0.5) is 0 Å². The zero-order valence-electron chi connectivity index (χ0n) is 12.4. The van der Waals surface area contributed by atoms with Crippen molar-refractivity contribution in [3.05, 3.63) is 23.8 Å². The van der Waals surface area contributed by atoms with Crippen LogP contribution in [0.1, 0.15) is 45.1 Å². The molecule has 1 aromatic carbocycles. The fourth-order valence-corrected chi connectivity index (χ4v) is 3.97. The van der Waals surface area contributed by atoms with Gasteiger partial charge in [0.1, 0.15) is 0 Å². The Morgan fingerprint density at radius 2 is 1.90 bits per heavy atom. The topological polar surface area (TPSA) is 38.7 Å². The van der Waals surface area contributed by atoms with Crippen LogP contribution in [0.15, 0.2) is 18.2 Å². The van der Waals surface area contributed by atoms with Gasteiger partial charge in [-0.3, -0.25) is 0 Å². The lowest BCUT2D eigenvalue weighted by atomic mass is 9.79. The molecule has 2 bridgehead atoms. The minimum atomic E-state index is -0.653. The zero-order valence-corrected chi connectivity index (χ0v) is 12.4.